The second kappa shape index (κ2) is 10.5. The summed E-state index contributed by atoms with van der Waals surface area (Å²) < 4.78 is 26.1. The number of benzene rings is 2. The molecular weight excluding hydrogens is 521 g/mol. The Morgan fingerprint density at radius 1 is 1.24 bits per heavy atom. The van der Waals surface area contributed by atoms with Crippen molar-refractivity contribution in [3.63, 3.8) is 0 Å². The SMILES string of the molecule is COc1cc2ncnc(Nc3ccc(Oc4nn(CC(=O)NC(C)(C)C)cc4F)cc3Cl)c2cc1[N+](=O)[O-]. The molecule has 2 heterocycles. The van der Waals surface area contributed by atoms with E-state index in [4.69, 9.17) is 21.1 Å². The summed E-state index contributed by atoms with van der Waals surface area (Å²) in [6.07, 6.45) is 2.35. The monoisotopic (exact) mass is 543 g/mol. The van der Waals surface area contributed by atoms with Crippen LogP contribution in [0.15, 0.2) is 42.9 Å². The van der Waals surface area contributed by atoms with Crippen molar-refractivity contribution >= 4 is 45.6 Å². The number of amides is 1. The van der Waals surface area contributed by atoms with E-state index in [0.717, 1.165) is 10.9 Å². The lowest BCUT2D eigenvalue weighted by Crippen LogP contribution is -2.42. The molecular formula is C24H23ClFN7O5. The van der Waals surface area contributed by atoms with Gasteiger partial charge in [0, 0.05) is 23.7 Å². The number of rotatable bonds is 8. The fourth-order valence-corrected chi connectivity index (χ4v) is 3.73. The molecule has 4 rings (SSSR count). The number of nitrogens with one attached hydrogen (secondary N) is 2. The van der Waals surface area contributed by atoms with Crippen LogP contribution in [0.4, 0.5) is 21.6 Å². The first-order valence-corrected chi connectivity index (χ1v) is 11.6. The Kier molecular flexibility index (Phi) is 7.30. The van der Waals surface area contributed by atoms with E-state index < -0.39 is 16.3 Å². The molecule has 0 bridgehead atoms. The molecule has 0 aliphatic carbocycles. The van der Waals surface area contributed by atoms with Crippen LogP contribution in [0.25, 0.3) is 10.9 Å². The molecule has 0 aliphatic rings. The van der Waals surface area contributed by atoms with Gasteiger partial charge in [-0.3, -0.25) is 19.6 Å². The number of ether oxygens (including phenoxy) is 2. The van der Waals surface area contributed by atoms with Crippen LogP contribution in [-0.4, -0.2) is 43.2 Å². The third-order valence-electron chi connectivity index (χ3n) is 5.05. The summed E-state index contributed by atoms with van der Waals surface area (Å²) in [5.74, 6) is -0.876. The Hall–Kier alpha value is -4.52. The van der Waals surface area contributed by atoms with Crippen molar-refractivity contribution in [3.05, 3.63) is 63.8 Å². The molecule has 0 atom stereocenters. The molecule has 38 heavy (non-hydrogen) atoms. The van der Waals surface area contributed by atoms with Crippen molar-refractivity contribution in [3.8, 4) is 17.4 Å². The molecule has 12 nitrogen and oxygen atoms in total. The molecule has 1 amide bonds. The van der Waals surface area contributed by atoms with E-state index in [2.05, 4.69) is 25.7 Å². The second-order valence-corrected chi connectivity index (χ2v) is 9.57. The molecule has 0 radical (unpaired) electrons. The summed E-state index contributed by atoms with van der Waals surface area (Å²) in [4.78, 5) is 31.3. The molecule has 0 saturated heterocycles. The first kappa shape index (κ1) is 26.5. The Morgan fingerprint density at radius 3 is 2.66 bits per heavy atom. The first-order valence-electron chi connectivity index (χ1n) is 11.2. The zero-order valence-corrected chi connectivity index (χ0v) is 21.5. The lowest BCUT2D eigenvalue weighted by atomic mass is 10.1. The number of fused-ring (bicyclic) bond motifs is 1. The fraction of sp³-hybridized carbons (Fsp3) is 0.250. The maximum Gasteiger partial charge on any atom is 0.311 e. The van der Waals surface area contributed by atoms with Gasteiger partial charge in [-0.2, -0.15) is 4.39 Å². The summed E-state index contributed by atoms with van der Waals surface area (Å²) in [6.45, 7) is 5.32. The molecule has 2 aromatic heterocycles. The van der Waals surface area contributed by atoms with Crippen LogP contribution < -0.4 is 20.1 Å². The van der Waals surface area contributed by atoms with Crippen LogP contribution in [0.3, 0.4) is 0 Å². The fourth-order valence-electron chi connectivity index (χ4n) is 3.51. The van der Waals surface area contributed by atoms with Gasteiger partial charge in [0.1, 0.15) is 24.4 Å². The molecule has 14 heteroatoms. The van der Waals surface area contributed by atoms with Crippen molar-refractivity contribution in [2.45, 2.75) is 32.9 Å². The summed E-state index contributed by atoms with van der Waals surface area (Å²) in [5, 5.41) is 21.8. The predicted octanol–water partition coefficient (Wildman–Crippen LogP) is 4.99. The molecule has 0 spiro atoms. The van der Waals surface area contributed by atoms with Crippen LogP contribution >= 0.6 is 11.6 Å². The van der Waals surface area contributed by atoms with Gasteiger partial charge in [0.2, 0.25) is 11.7 Å². The quantitative estimate of drug-likeness (QED) is 0.232. The van der Waals surface area contributed by atoms with Gasteiger partial charge in [0.25, 0.3) is 5.88 Å². The lowest BCUT2D eigenvalue weighted by Gasteiger charge is -2.20. The van der Waals surface area contributed by atoms with E-state index in [1.807, 2.05) is 20.8 Å². The molecule has 0 aliphatic heterocycles. The first-order chi connectivity index (χ1) is 17.9. The van der Waals surface area contributed by atoms with Crippen LogP contribution in [0.5, 0.6) is 17.4 Å². The number of methoxy groups -OCH3 is 1. The van der Waals surface area contributed by atoms with E-state index in [9.17, 15) is 19.3 Å². The standard InChI is InChI=1S/C24H23ClFN7O5/c1-24(2,3)30-21(34)11-32-10-16(26)23(31-32)38-13-5-6-17(15(25)7-13)29-22-14-8-19(33(35)36)20(37-4)9-18(14)27-12-28-22/h5-10,12H,11H2,1-4H3,(H,30,34)(H,27,28,29). The van der Waals surface area contributed by atoms with Gasteiger partial charge in [-0.1, -0.05) is 11.6 Å². The average molecular weight is 544 g/mol. The number of nitro groups is 1. The summed E-state index contributed by atoms with van der Waals surface area (Å²) in [5.41, 5.74) is 0.143. The molecule has 4 aromatic rings. The third kappa shape index (κ3) is 6.06. The zero-order chi connectivity index (χ0) is 27.6. The third-order valence-corrected chi connectivity index (χ3v) is 5.36. The van der Waals surface area contributed by atoms with Gasteiger partial charge in [0.15, 0.2) is 5.75 Å². The van der Waals surface area contributed by atoms with Crippen molar-refractivity contribution in [1.82, 2.24) is 25.1 Å². The van der Waals surface area contributed by atoms with Crippen molar-refractivity contribution in [2.24, 2.45) is 0 Å². The highest BCUT2D eigenvalue weighted by atomic mass is 35.5. The number of halogens is 2. The van der Waals surface area contributed by atoms with Crippen LogP contribution in [0, 0.1) is 15.9 Å². The van der Waals surface area contributed by atoms with E-state index in [1.54, 1.807) is 6.07 Å². The zero-order valence-electron chi connectivity index (χ0n) is 20.8. The van der Waals surface area contributed by atoms with E-state index in [-0.39, 0.29) is 46.4 Å². The van der Waals surface area contributed by atoms with Crippen molar-refractivity contribution in [2.75, 3.05) is 12.4 Å². The summed E-state index contributed by atoms with van der Waals surface area (Å²) in [7, 11) is 1.33. The number of aromatic nitrogens is 4. The molecule has 0 unspecified atom stereocenters. The maximum atomic E-state index is 14.4. The van der Waals surface area contributed by atoms with Gasteiger partial charge >= 0.3 is 5.69 Å². The van der Waals surface area contributed by atoms with Gasteiger partial charge in [-0.05, 0) is 32.9 Å². The van der Waals surface area contributed by atoms with Crippen LogP contribution in [0.1, 0.15) is 20.8 Å². The number of hydrogen-bond acceptors (Lipinski definition) is 9. The van der Waals surface area contributed by atoms with Gasteiger partial charge in [-0.25, -0.2) is 9.97 Å². The second-order valence-electron chi connectivity index (χ2n) is 9.17. The smallest absolute Gasteiger partial charge is 0.311 e. The highest BCUT2D eigenvalue weighted by Gasteiger charge is 2.20. The largest absolute Gasteiger partial charge is 0.490 e. The minimum Gasteiger partial charge on any atom is -0.490 e. The van der Waals surface area contributed by atoms with E-state index in [1.165, 1.54) is 37.7 Å². The minimum atomic E-state index is -0.753. The number of hydrogen-bond donors (Lipinski definition) is 2. The van der Waals surface area contributed by atoms with E-state index in [0.29, 0.717) is 16.6 Å². The highest BCUT2D eigenvalue weighted by molar-refractivity contribution is 6.33. The van der Waals surface area contributed by atoms with Crippen molar-refractivity contribution in [1.29, 1.82) is 0 Å². The Bertz CT molecular complexity index is 1540. The Balaban J connectivity index is 1.53. The normalized spacial score (nSPS) is 11.3. The molecule has 2 aromatic carbocycles. The van der Waals surface area contributed by atoms with Crippen molar-refractivity contribution < 1.29 is 23.6 Å². The maximum absolute atomic E-state index is 14.4. The van der Waals surface area contributed by atoms with Gasteiger partial charge in [0.05, 0.1) is 39.8 Å². The molecule has 2 N–H and O–H groups in total. The molecule has 0 fully saturated rings. The predicted molar refractivity (Wildman–Crippen MR) is 138 cm³/mol. The number of carbonyl (C=O) groups is 1. The number of carbonyl (C=O) groups excluding carboxylic acids is 1. The Labute approximate surface area is 220 Å². The summed E-state index contributed by atoms with van der Waals surface area (Å²) in [6, 6.07) is 7.27. The molecule has 0 saturated carbocycles. The topological polar surface area (TPSA) is 146 Å². The van der Waals surface area contributed by atoms with Gasteiger partial charge in [-0.15, -0.1) is 5.10 Å². The van der Waals surface area contributed by atoms with E-state index >= 15 is 0 Å². The number of anilines is 2. The Morgan fingerprint density at radius 2 is 2.00 bits per heavy atom. The van der Waals surface area contributed by atoms with Gasteiger partial charge < -0.3 is 20.1 Å². The average Bonchev–Trinajstić information content (AvgIpc) is 3.16. The number of nitrogens with zero attached hydrogens (tertiary/aromatic N) is 5. The van der Waals surface area contributed by atoms with Crippen LogP contribution in [-0.2, 0) is 11.3 Å². The minimum absolute atomic E-state index is 0.0659. The highest BCUT2D eigenvalue weighted by Crippen LogP contribution is 2.36. The summed E-state index contributed by atoms with van der Waals surface area (Å²) >= 11 is 6.41. The lowest BCUT2D eigenvalue weighted by molar-refractivity contribution is -0.385. The number of nitro benzene ring substituents is 1. The molecule has 198 valence electrons. The van der Waals surface area contributed by atoms with Crippen LogP contribution in [0.2, 0.25) is 5.02 Å².